The molecule has 7 nitrogen and oxygen atoms in total. The van der Waals surface area contributed by atoms with E-state index in [1.54, 1.807) is 4.68 Å². The van der Waals surface area contributed by atoms with Crippen molar-refractivity contribution in [2.45, 2.75) is 45.1 Å². The highest BCUT2D eigenvalue weighted by molar-refractivity contribution is 5.91. The molecule has 3 rings (SSSR count). The van der Waals surface area contributed by atoms with Crippen LogP contribution in [0.15, 0.2) is 18.3 Å². The Morgan fingerprint density at radius 1 is 1.32 bits per heavy atom. The van der Waals surface area contributed by atoms with E-state index in [0.717, 1.165) is 30.9 Å². The molecule has 1 saturated heterocycles. The van der Waals surface area contributed by atoms with Gasteiger partial charge in [-0.25, -0.2) is 0 Å². The fourth-order valence-corrected chi connectivity index (χ4v) is 3.38. The van der Waals surface area contributed by atoms with Crippen LogP contribution in [0.5, 0.6) is 0 Å². The summed E-state index contributed by atoms with van der Waals surface area (Å²) in [6.07, 6.45) is 3.98. The number of aromatic nitrogens is 4. The van der Waals surface area contributed by atoms with E-state index in [1.807, 2.05) is 37.1 Å². The lowest BCUT2D eigenvalue weighted by molar-refractivity contribution is -0.117. The van der Waals surface area contributed by atoms with E-state index >= 15 is 0 Å². The zero-order chi connectivity index (χ0) is 18.2. The van der Waals surface area contributed by atoms with Crippen molar-refractivity contribution in [3.63, 3.8) is 0 Å². The van der Waals surface area contributed by atoms with Crippen molar-refractivity contribution < 1.29 is 4.79 Å². The van der Waals surface area contributed by atoms with Gasteiger partial charge in [0, 0.05) is 31.8 Å². The number of likely N-dealkylation sites (tertiary alicyclic amines) is 1. The molecule has 1 aliphatic heterocycles. The Morgan fingerprint density at radius 3 is 2.68 bits per heavy atom. The third-order valence-corrected chi connectivity index (χ3v) is 4.83. The summed E-state index contributed by atoms with van der Waals surface area (Å²) in [4.78, 5) is 14.8. The zero-order valence-electron chi connectivity index (χ0n) is 15.8. The van der Waals surface area contributed by atoms with Crippen LogP contribution in [0.3, 0.4) is 0 Å². The molecule has 25 heavy (non-hydrogen) atoms. The molecule has 2 aromatic heterocycles. The molecule has 0 radical (unpaired) electrons. The number of hydrogen-bond acceptors (Lipinski definition) is 4. The quantitative estimate of drug-likeness (QED) is 0.923. The molecule has 7 heteroatoms. The molecule has 1 amide bonds. The molecule has 1 aliphatic rings. The largest absolute Gasteiger partial charge is 0.310 e. The summed E-state index contributed by atoms with van der Waals surface area (Å²) in [6, 6.07) is 4.26. The normalized spacial score (nSPS) is 18.7. The predicted octanol–water partition coefficient (Wildman–Crippen LogP) is 2.23. The van der Waals surface area contributed by atoms with Crippen molar-refractivity contribution in [1.29, 1.82) is 0 Å². The summed E-state index contributed by atoms with van der Waals surface area (Å²) in [5, 5.41) is 11.8. The Morgan fingerprint density at radius 2 is 2.08 bits per heavy atom. The van der Waals surface area contributed by atoms with E-state index < -0.39 is 0 Å². The van der Waals surface area contributed by atoms with Crippen LogP contribution in [0.25, 0.3) is 0 Å². The highest BCUT2D eigenvalue weighted by Crippen LogP contribution is 2.31. The average Bonchev–Trinajstić information content (AvgIpc) is 3.20. The Hall–Kier alpha value is -2.15. The van der Waals surface area contributed by atoms with Crippen molar-refractivity contribution in [3.8, 4) is 0 Å². The van der Waals surface area contributed by atoms with Crippen LogP contribution in [0.4, 0.5) is 5.82 Å². The lowest BCUT2D eigenvalue weighted by atomic mass is 9.92. The SMILES string of the molecule is Cn1nc(C(C)(C)C)cc1NC(=O)CN1CCCC1c1ccnn1C. The molecule has 1 atom stereocenters. The van der Waals surface area contributed by atoms with Crippen molar-refractivity contribution in [2.24, 2.45) is 14.1 Å². The van der Waals surface area contributed by atoms with Gasteiger partial charge in [0.15, 0.2) is 0 Å². The first-order chi connectivity index (χ1) is 11.8. The molecule has 2 aromatic rings. The molecule has 1 fully saturated rings. The van der Waals surface area contributed by atoms with Crippen molar-refractivity contribution in [1.82, 2.24) is 24.5 Å². The van der Waals surface area contributed by atoms with Gasteiger partial charge in [-0.1, -0.05) is 20.8 Å². The molecule has 0 saturated carbocycles. The van der Waals surface area contributed by atoms with Gasteiger partial charge in [-0.2, -0.15) is 10.2 Å². The first-order valence-corrected chi connectivity index (χ1v) is 8.82. The van der Waals surface area contributed by atoms with Crippen LogP contribution < -0.4 is 5.32 Å². The lowest BCUT2D eigenvalue weighted by Gasteiger charge is -2.23. The van der Waals surface area contributed by atoms with E-state index in [1.165, 1.54) is 5.69 Å². The van der Waals surface area contributed by atoms with Gasteiger partial charge in [0.1, 0.15) is 5.82 Å². The number of carbonyl (C=O) groups is 1. The molecule has 0 bridgehead atoms. The molecule has 0 aromatic carbocycles. The fourth-order valence-electron chi connectivity index (χ4n) is 3.38. The highest BCUT2D eigenvalue weighted by Gasteiger charge is 2.29. The molecule has 1 N–H and O–H groups in total. The maximum Gasteiger partial charge on any atom is 0.239 e. The van der Waals surface area contributed by atoms with Crippen molar-refractivity contribution in [3.05, 3.63) is 29.7 Å². The predicted molar refractivity (Wildman–Crippen MR) is 97.3 cm³/mol. The highest BCUT2D eigenvalue weighted by atomic mass is 16.2. The summed E-state index contributed by atoms with van der Waals surface area (Å²) < 4.78 is 3.64. The zero-order valence-corrected chi connectivity index (χ0v) is 15.8. The number of hydrogen-bond donors (Lipinski definition) is 1. The van der Waals surface area contributed by atoms with E-state index in [4.69, 9.17) is 0 Å². The monoisotopic (exact) mass is 344 g/mol. The van der Waals surface area contributed by atoms with Crippen LogP contribution in [0.1, 0.15) is 51.0 Å². The van der Waals surface area contributed by atoms with Crippen LogP contribution in [-0.4, -0.2) is 43.5 Å². The summed E-state index contributed by atoms with van der Waals surface area (Å²) in [7, 11) is 3.81. The third kappa shape index (κ3) is 3.76. The first-order valence-electron chi connectivity index (χ1n) is 8.82. The number of carbonyl (C=O) groups excluding carboxylic acids is 1. The van der Waals surface area contributed by atoms with Gasteiger partial charge in [0.2, 0.25) is 5.91 Å². The number of nitrogens with zero attached hydrogens (tertiary/aromatic N) is 5. The van der Waals surface area contributed by atoms with E-state index in [0.29, 0.717) is 6.54 Å². The van der Waals surface area contributed by atoms with E-state index in [9.17, 15) is 4.79 Å². The maximum absolute atomic E-state index is 12.6. The second-order valence-electron chi connectivity index (χ2n) is 7.84. The fraction of sp³-hybridized carbons (Fsp3) is 0.611. The van der Waals surface area contributed by atoms with Crippen LogP contribution in [0.2, 0.25) is 0 Å². The average molecular weight is 344 g/mol. The Kier molecular flexibility index (Phi) is 4.69. The van der Waals surface area contributed by atoms with Crippen LogP contribution in [-0.2, 0) is 24.3 Å². The maximum atomic E-state index is 12.6. The summed E-state index contributed by atoms with van der Waals surface area (Å²) in [5.74, 6) is 0.740. The van der Waals surface area contributed by atoms with Gasteiger partial charge in [0.05, 0.1) is 24.0 Å². The Bertz CT molecular complexity index is 754. The lowest BCUT2D eigenvalue weighted by Crippen LogP contribution is -2.34. The summed E-state index contributed by atoms with van der Waals surface area (Å²) >= 11 is 0. The minimum absolute atomic E-state index is 0.00229. The van der Waals surface area contributed by atoms with Gasteiger partial charge < -0.3 is 5.32 Å². The topological polar surface area (TPSA) is 68.0 Å². The molecule has 0 spiro atoms. The van der Waals surface area contributed by atoms with E-state index in [-0.39, 0.29) is 17.4 Å². The first kappa shape index (κ1) is 17.7. The molecule has 0 aliphatic carbocycles. The minimum Gasteiger partial charge on any atom is -0.310 e. The van der Waals surface area contributed by atoms with Gasteiger partial charge in [-0.3, -0.25) is 19.1 Å². The number of aryl methyl sites for hydroxylation is 2. The summed E-state index contributed by atoms with van der Waals surface area (Å²) in [6.45, 7) is 7.66. The van der Waals surface area contributed by atoms with E-state index in [2.05, 4.69) is 41.2 Å². The second kappa shape index (κ2) is 6.63. The molecule has 136 valence electrons. The van der Waals surface area contributed by atoms with Gasteiger partial charge in [-0.15, -0.1) is 0 Å². The number of anilines is 1. The van der Waals surface area contributed by atoms with Gasteiger partial charge >= 0.3 is 0 Å². The van der Waals surface area contributed by atoms with Crippen LogP contribution in [0, 0.1) is 0 Å². The number of nitrogens with one attached hydrogen (secondary N) is 1. The minimum atomic E-state index is -0.0414. The standard InChI is InChI=1S/C18H28N6O/c1-18(2,3)15-11-16(23(5)21-15)20-17(25)12-24-10-6-7-14(24)13-8-9-19-22(13)4/h8-9,11,14H,6-7,10,12H2,1-5H3,(H,20,25). The molecular formula is C18H28N6O. The van der Waals surface area contributed by atoms with Crippen molar-refractivity contribution >= 4 is 11.7 Å². The number of rotatable bonds is 4. The second-order valence-corrected chi connectivity index (χ2v) is 7.84. The van der Waals surface area contributed by atoms with Gasteiger partial charge in [-0.05, 0) is 25.5 Å². The molecule has 3 heterocycles. The molecule has 1 unspecified atom stereocenters. The Balaban J connectivity index is 1.67. The van der Waals surface area contributed by atoms with Crippen LogP contribution >= 0.6 is 0 Å². The smallest absolute Gasteiger partial charge is 0.239 e. The van der Waals surface area contributed by atoms with Crippen molar-refractivity contribution in [2.75, 3.05) is 18.4 Å². The third-order valence-electron chi connectivity index (χ3n) is 4.83. The number of amides is 1. The summed E-state index contributed by atoms with van der Waals surface area (Å²) in [5.41, 5.74) is 2.10. The molecular weight excluding hydrogens is 316 g/mol. The van der Waals surface area contributed by atoms with Gasteiger partial charge in [0.25, 0.3) is 0 Å². The Labute approximate surface area is 149 Å².